The maximum absolute atomic E-state index is 11.9. The fourth-order valence-electron chi connectivity index (χ4n) is 1.37. The van der Waals surface area contributed by atoms with Gasteiger partial charge in [0.1, 0.15) is 5.75 Å². The predicted molar refractivity (Wildman–Crippen MR) is 70.7 cm³/mol. The van der Waals surface area contributed by atoms with E-state index in [-0.39, 0.29) is 30.5 Å². The van der Waals surface area contributed by atoms with Gasteiger partial charge in [0.15, 0.2) is 0 Å². The molecule has 0 unspecified atom stereocenters. The van der Waals surface area contributed by atoms with Crippen molar-refractivity contribution in [3.8, 4) is 5.75 Å². The van der Waals surface area contributed by atoms with Crippen molar-refractivity contribution >= 4 is 18.3 Å². The number of nitrogens with one attached hydrogen (secondary N) is 1. The van der Waals surface area contributed by atoms with Crippen LogP contribution < -0.4 is 15.8 Å². The van der Waals surface area contributed by atoms with Gasteiger partial charge in [0.2, 0.25) is 5.91 Å². The molecule has 19 heavy (non-hydrogen) atoms. The monoisotopic (exact) mass is 294 g/mol. The summed E-state index contributed by atoms with van der Waals surface area (Å²) in [4.78, 5) is 11.4. The van der Waals surface area contributed by atoms with Gasteiger partial charge in [0.25, 0.3) is 0 Å². The molecule has 0 saturated carbocycles. The van der Waals surface area contributed by atoms with E-state index < -0.39 is 6.61 Å². The van der Waals surface area contributed by atoms with Gasteiger partial charge in [-0.25, -0.2) is 0 Å². The Labute approximate surface area is 116 Å². The third kappa shape index (κ3) is 7.58. The molecule has 0 heterocycles. The van der Waals surface area contributed by atoms with Gasteiger partial charge in [0, 0.05) is 6.54 Å². The molecule has 0 fully saturated rings. The van der Waals surface area contributed by atoms with Crippen LogP contribution in [0.5, 0.6) is 5.75 Å². The van der Waals surface area contributed by atoms with Crippen LogP contribution in [0.3, 0.4) is 0 Å². The maximum Gasteiger partial charge on any atom is 0.387 e. The Morgan fingerprint density at radius 1 is 1.32 bits per heavy atom. The second-order valence-corrected chi connectivity index (χ2v) is 3.69. The highest BCUT2D eigenvalue weighted by molar-refractivity contribution is 5.85. The summed E-state index contributed by atoms with van der Waals surface area (Å²) in [6.45, 7) is -1.77. The average Bonchev–Trinajstić information content (AvgIpc) is 2.31. The summed E-state index contributed by atoms with van der Waals surface area (Å²) in [5.74, 6) is -0.0386. The summed E-state index contributed by atoms with van der Waals surface area (Å²) in [6.07, 6.45) is 0.937. The fourth-order valence-corrected chi connectivity index (χ4v) is 1.37. The van der Waals surface area contributed by atoms with Crippen molar-refractivity contribution < 1.29 is 18.3 Å². The van der Waals surface area contributed by atoms with Crippen molar-refractivity contribution in [1.29, 1.82) is 0 Å². The van der Waals surface area contributed by atoms with Crippen LogP contribution in [0, 0.1) is 0 Å². The Kier molecular flexibility index (Phi) is 8.82. The van der Waals surface area contributed by atoms with Crippen LogP contribution in [0.1, 0.15) is 12.0 Å². The molecule has 0 aliphatic heterocycles. The number of hydrogen-bond acceptors (Lipinski definition) is 3. The van der Waals surface area contributed by atoms with Crippen LogP contribution in [-0.4, -0.2) is 25.6 Å². The highest BCUT2D eigenvalue weighted by Crippen LogP contribution is 2.15. The van der Waals surface area contributed by atoms with Crippen molar-refractivity contribution in [2.45, 2.75) is 19.5 Å². The lowest BCUT2D eigenvalue weighted by Crippen LogP contribution is -2.27. The molecule has 0 radical (unpaired) electrons. The number of hydrogen-bond donors (Lipinski definition) is 2. The Morgan fingerprint density at radius 2 is 1.95 bits per heavy atom. The molecule has 108 valence electrons. The molecule has 0 aliphatic carbocycles. The molecular weight excluding hydrogens is 278 g/mol. The molecule has 0 aliphatic rings. The number of benzene rings is 1. The highest BCUT2D eigenvalue weighted by atomic mass is 35.5. The third-order valence-electron chi connectivity index (χ3n) is 2.22. The molecule has 4 nitrogen and oxygen atoms in total. The summed E-state index contributed by atoms with van der Waals surface area (Å²) >= 11 is 0. The molecule has 0 aromatic heterocycles. The zero-order chi connectivity index (χ0) is 13.4. The van der Waals surface area contributed by atoms with E-state index in [0.717, 1.165) is 12.0 Å². The molecule has 0 atom stereocenters. The van der Waals surface area contributed by atoms with Gasteiger partial charge in [-0.3, -0.25) is 4.79 Å². The van der Waals surface area contributed by atoms with Gasteiger partial charge in [-0.1, -0.05) is 12.1 Å². The van der Waals surface area contributed by atoms with E-state index in [9.17, 15) is 13.6 Å². The van der Waals surface area contributed by atoms with Gasteiger partial charge in [-0.05, 0) is 30.7 Å². The largest absolute Gasteiger partial charge is 0.435 e. The van der Waals surface area contributed by atoms with E-state index in [1.54, 1.807) is 12.1 Å². The molecular formula is C12H17ClF2N2O2. The molecule has 3 N–H and O–H groups in total. The van der Waals surface area contributed by atoms with Crippen LogP contribution in [0.4, 0.5) is 8.78 Å². The molecule has 0 saturated heterocycles. The van der Waals surface area contributed by atoms with E-state index in [1.165, 1.54) is 12.1 Å². The first-order valence-corrected chi connectivity index (χ1v) is 5.62. The van der Waals surface area contributed by atoms with Gasteiger partial charge in [-0.2, -0.15) is 8.78 Å². The van der Waals surface area contributed by atoms with Gasteiger partial charge in [0.05, 0.1) is 6.42 Å². The van der Waals surface area contributed by atoms with Crippen molar-refractivity contribution in [3.63, 3.8) is 0 Å². The van der Waals surface area contributed by atoms with Gasteiger partial charge < -0.3 is 15.8 Å². The topological polar surface area (TPSA) is 64.3 Å². The summed E-state index contributed by atoms with van der Waals surface area (Å²) in [5.41, 5.74) is 6.04. The summed E-state index contributed by atoms with van der Waals surface area (Å²) < 4.78 is 28.0. The zero-order valence-electron chi connectivity index (χ0n) is 10.3. The molecule has 7 heteroatoms. The first-order valence-electron chi connectivity index (χ1n) is 5.62. The second-order valence-electron chi connectivity index (χ2n) is 3.69. The van der Waals surface area contributed by atoms with Crippen LogP contribution in [-0.2, 0) is 11.2 Å². The first kappa shape index (κ1) is 17.6. The number of alkyl halides is 2. The van der Waals surface area contributed by atoms with Crippen LogP contribution >= 0.6 is 12.4 Å². The predicted octanol–water partition coefficient (Wildman–Crippen LogP) is 1.72. The van der Waals surface area contributed by atoms with E-state index in [2.05, 4.69) is 10.1 Å². The minimum atomic E-state index is -2.84. The minimum absolute atomic E-state index is 0. The van der Waals surface area contributed by atoms with Crippen molar-refractivity contribution in [2.75, 3.05) is 13.1 Å². The number of ether oxygens (including phenoxy) is 1. The Hall–Kier alpha value is -1.40. The Balaban J connectivity index is 0.00000324. The van der Waals surface area contributed by atoms with Crippen LogP contribution in [0.25, 0.3) is 0 Å². The van der Waals surface area contributed by atoms with Gasteiger partial charge in [-0.15, -0.1) is 12.4 Å². The highest BCUT2D eigenvalue weighted by Gasteiger charge is 2.05. The smallest absolute Gasteiger partial charge is 0.387 e. The summed E-state index contributed by atoms with van der Waals surface area (Å²) in [5, 5.41) is 2.71. The van der Waals surface area contributed by atoms with Crippen molar-refractivity contribution in [3.05, 3.63) is 29.8 Å². The Morgan fingerprint density at radius 3 is 2.47 bits per heavy atom. The Bertz CT molecular complexity index is 374. The van der Waals surface area contributed by atoms with Crippen LogP contribution in [0.2, 0.25) is 0 Å². The van der Waals surface area contributed by atoms with E-state index >= 15 is 0 Å². The van der Waals surface area contributed by atoms with Crippen LogP contribution in [0.15, 0.2) is 24.3 Å². The minimum Gasteiger partial charge on any atom is -0.435 e. The molecule has 1 amide bonds. The molecule has 0 spiro atoms. The molecule has 1 aromatic rings. The van der Waals surface area contributed by atoms with Crippen molar-refractivity contribution in [2.24, 2.45) is 5.73 Å². The van der Waals surface area contributed by atoms with E-state index in [4.69, 9.17) is 5.73 Å². The summed E-state index contributed by atoms with van der Waals surface area (Å²) in [7, 11) is 0. The fraction of sp³-hybridized carbons (Fsp3) is 0.417. The van der Waals surface area contributed by atoms with E-state index in [1.807, 2.05) is 0 Å². The molecule has 1 rings (SSSR count). The SMILES string of the molecule is Cl.NCCCNC(=O)Cc1ccc(OC(F)F)cc1. The lowest BCUT2D eigenvalue weighted by atomic mass is 10.1. The number of halogens is 3. The zero-order valence-corrected chi connectivity index (χ0v) is 11.1. The number of nitrogens with two attached hydrogens (primary N) is 1. The normalized spacial score (nSPS) is 9.89. The van der Waals surface area contributed by atoms with Crippen molar-refractivity contribution in [1.82, 2.24) is 5.32 Å². The number of rotatable bonds is 7. The third-order valence-corrected chi connectivity index (χ3v) is 2.22. The molecule has 1 aromatic carbocycles. The second kappa shape index (κ2) is 9.52. The number of carbonyl (C=O) groups is 1. The first-order chi connectivity index (χ1) is 8.61. The average molecular weight is 295 g/mol. The van der Waals surface area contributed by atoms with E-state index in [0.29, 0.717) is 13.1 Å². The lowest BCUT2D eigenvalue weighted by molar-refractivity contribution is -0.120. The van der Waals surface area contributed by atoms with Gasteiger partial charge >= 0.3 is 6.61 Å². The quantitative estimate of drug-likeness (QED) is 0.753. The number of carbonyl (C=O) groups excluding carboxylic acids is 1. The maximum atomic E-state index is 11.9. The molecule has 0 bridgehead atoms. The lowest BCUT2D eigenvalue weighted by Gasteiger charge is -2.06. The summed E-state index contributed by atoms with van der Waals surface area (Å²) in [6, 6.07) is 5.99. The standard InChI is InChI=1S/C12H16F2N2O2.ClH/c13-12(14)18-10-4-2-9(3-5-10)8-11(17)16-7-1-6-15;/h2-5,12H,1,6-8,15H2,(H,16,17);1H. The number of amides is 1.